The van der Waals surface area contributed by atoms with Crippen molar-refractivity contribution in [3.63, 3.8) is 0 Å². The Morgan fingerprint density at radius 3 is 2.79 bits per heavy atom. The predicted molar refractivity (Wildman–Crippen MR) is 76.0 cm³/mol. The van der Waals surface area contributed by atoms with Gasteiger partial charge >= 0.3 is 0 Å². The van der Waals surface area contributed by atoms with Gasteiger partial charge in [-0.25, -0.2) is 4.39 Å². The molecule has 4 heteroatoms. The first-order valence-corrected chi connectivity index (χ1v) is 6.74. The van der Waals surface area contributed by atoms with Gasteiger partial charge in [-0.3, -0.25) is 0 Å². The molecule has 0 fully saturated rings. The summed E-state index contributed by atoms with van der Waals surface area (Å²) in [6.45, 7) is 0.830. The number of hydrogen-bond donors (Lipinski definition) is 0. The zero-order chi connectivity index (χ0) is 13.4. The molecule has 0 aliphatic carbocycles. The van der Waals surface area contributed by atoms with Crippen LogP contribution in [0.15, 0.2) is 40.9 Å². The average molecular weight is 317 g/mol. The number of fused-ring (bicyclic) bond motifs is 1. The first-order chi connectivity index (χ1) is 9.19. The van der Waals surface area contributed by atoms with Crippen LogP contribution in [0.25, 0.3) is 0 Å². The fraction of sp³-hybridized carbons (Fsp3) is 0.133. The molecule has 94 valence electrons. The molecule has 0 atom stereocenters. The first-order valence-electron chi connectivity index (χ1n) is 5.94. The number of nitriles is 1. The third-order valence-corrected chi connectivity index (χ3v) is 3.98. The maximum atomic E-state index is 13.4. The molecule has 0 bridgehead atoms. The standard InChI is InChI=1S/C15H10BrFN2/c16-14-8-13(4-2-11(14)9-18)19-6-5-10-1-3-12(17)7-15(10)19/h1-4,7-8H,5-6H2. The summed E-state index contributed by atoms with van der Waals surface area (Å²) in [7, 11) is 0. The number of halogens is 2. The largest absolute Gasteiger partial charge is 0.341 e. The summed E-state index contributed by atoms with van der Waals surface area (Å²) in [6.07, 6.45) is 0.910. The minimum Gasteiger partial charge on any atom is -0.341 e. The highest BCUT2D eigenvalue weighted by Crippen LogP contribution is 2.36. The molecule has 1 heterocycles. The lowest BCUT2D eigenvalue weighted by atomic mass is 10.1. The summed E-state index contributed by atoms with van der Waals surface area (Å²) in [5.41, 5.74) is 3.64. The average Bonchev–Trinajstić information content (AvgIpc) is 2.81. The molecule has 1 aliphatic heterocycles. The van der Waals surface area contributed by atoms with Crippen molar-refractivity contribution in [2.24, 2.45) is 0 Å². The Hall–Kier alpha value is -1.86. The molecule has 0 aromatic heterocycles. The molecule has 2 aromatic carbocycles. The maximum absolute atomic E-state index is 13.4. The van der Waals surface area contributed by atoms with Crippen LogP contribution in [0.1, 0.15) is 11.1 Å². The highest BCUT2D eigenvalue weighted by Gasteiger charge is 2.21. The van der Waals surface area contributed by atoms with E-state index in [4.69, 9.17) is 5.26 Å². The van der Waals surface area contributed by atoms with Gasteiger partial charge in [0.15, 0.2) is 0 Å². The van der Waals surface area contributed by atoms with Gasteiger partial charge in [0.1, 0.15) is 11.9 Å². The fourth-order valence-electron chi connectivity index (χ4n) is 2.38. The SMILES string of the molecule is N#Cc1ccc(N2CCc3ccc(F)cc32)cc1Br. The van der Waals surface area contributed by atoms with E-state index in [-0.39, 0.29) is 5.82 Å². The van der Waals surface area contributed by atoms with Crippen LogP contribution in [0, 0.1) is 17.1 Å². The van der Waals surface area contributed by atoms with Crippen molar-refractivity contribution in [3.8, 4) is 6.07 Å². The Labute approximate surface area is 119 Å². The molecule has 1 aliphatic rings. The molecule has 0 unspecified atom stereocenters. The molecule has 0 saturated heterocycles. The summed E-state index contributed by atoms with van der Waals surface area (Å²) in [5.74, 6) is -0.224. The van der Waals surface area contributed by atoms with E-state index in [1.165, 1.54) is 6.07 Å². The van der Waals surface area contributed by atoms with E-state index in [0.717, 1.165) is 34.4 Å². The third kappa shape index (κ3) is 2.11. The molecule has 3 rings (SSSR count). The number of nitrogens with zero attached hydrogens (tertiary/aromatic N) is 2. The first kappa shape index (κ1) is 12.2. The van der Waals surface area contributed by atoms with Gasteiger partial charge in [-0.05, 0) is 58.2 Å². The lowest BCUT2D eigenvalue weighted by Gasteiger charge is -2.20. The van der Waals surface area contributed by atoms with E-state index in [9.17, 15) is 4.39 Å². The fourth-order valence-corrected chi connectivity index (χ4v) is 2.84. The van der Waals surface area contributed by atoms with Crippen molar-refractivity contribution < 1.29 is 4.39 Å². The van der Waals surface area contributed by atoms with Crippen LogP contribution in [0.5, 0.6) is 0 Å². The van der Waals surface area contributed by atoms with Gasteiger partial charge in [0.05, 0.1) is 5.56 Å². The van der Waals surface area contributed by atoms with Crippen LogP contribution in [-0.2, 0) is 6.42 Å². The minimum atomic E-state index is -0.224. The van der Waals surface area contributed by atoms with Crippen LogP contribution in [0.4, 0.5) is 15.8 Å². The van der Waals surface area contributed by atoms with Gasteiger partial charge in [0.25, 0.3) is 0 Å². The Morgan fingerprint density at radius 1 is 1.21 bits per heavy atom. The number of hydrogen-bond acceptors (Lipinski definition) is 2. The van der Waals surface area contributed by atoms with Gasteiger partial charge in [0, 0.05) is 22.4 Å². The van der Waals surface area contributed by atoms with E-state index in [0.29, 0.717) is 5.56 Å². The lowest BCUT2D eigenvalue weighted by molar-refractivity contribution is 0.628. The van der Waals surface area contributed by atoms with E-state index in [1.807, 2.05) is 18.2 Å². The molecule has 2 aromatic rings. The second kappa shape index (κ2) is 4.67. The number of rotatable bonds is 1. The zero-order valence-corrected chi connectivity index (χ0v) is 11.6. The van der Waals surface area contributed by atoms with Crippen LogP contribution in [0.3, 0.4) is 0 Å². The maximum Gasteiger partial charge on any atom is 0.125 e. The summed E-state index contributed by atoms with van der Waals surface area (Å²) in [4.78, 5) is 2.07. The molecular weight excluding hydrogens is 307 g/mol. The Balaban J connectivity index is 2.04. The molecule has 0 radical (unpaired) electrons. The van der Waals surface area contributed by atoms with E-state index in [1.54, 1.807) is 12.1 Å². The molecule has 0 saturated carbocycles. The summed E-state index contributed by atoms with van der Waals surface area (Å²) >= 11 is 3.39. The summed E-state index contributed by atoms with van der Waals surface area (Å²) in [6, 6.07) is 12.6. The van der Waals surface area contributed by atoms with Gasteiger partial charge in [-0.15, -0.1) is 0 Å². The molecule has 0 N–H and O–H groups in total. The van der Waals surface area contributed by atoms with Crippen molar-refractivity contribution in [1.29, 1.82) is 5.26 Å². The van der Waals surface area contributed by atoms with Crippen molar-refractivity contribution >= 4 is 27.3 Å². The normalized spacial score (nSPS) is 13.2. The molecule has 19 heavy (non-hydrogen) atoms. The molecule has 0 amide bonds. The molecule has 0 spiro atoms. The molecule has 2 nitrogen and oxygen atoms in total. The van der Waals surface area contributed by atoms with E-state index < -0.39 is 0 Å². The second-order valence-electron chi connectivity index (χ2n) is 4.45. The van der Waals surface area contributed by atoms with Gasteiger partial charge in [-0.2, -0.15) is 5.26 Å². The van der Waals surface area contributed by atoms with Gasteiger partial charge < -0.3 is 4.90 Å². The number of benzene rings is 2. The van der Waals surface area contributed by atoms with Crippen molar-refractivity contribution in [2.75, 3.05) is 11.4 Å². The predicted octanol–water partition coefficient (Wildman–Crippen LogP) is 4.15. The summed E-state index contributed by atoms with van der Waals surface area (Å²) < 4.78 is 14.1. The van der Waals surface area contributed by atoms with Gasteiger partial charge in [-0.1, -0.05) is 6.07 Å². The summed E-state index contributed by atoms with van der Waals surface area (Å²) in [5, 5.41) is 8.93. The van der Waals surface area contributed by atoms with Crippen LogP contribution in [-0.4, -0.2) is 6.54 Å². The van der Waals surface area contributed by atoms with Gasteiger partial charge in [0.2, 0.25) is 0 Å². The smallest absolute Gasteiger partial charge is 0.125 e. The monoisotopic (exact) mass is 316 g/mol. The zero-order valence-electron chi connectivity index (χ0n) is 10.0. The molecular formula is C15H10BrFN2. The van der Waals surface area contributed by atoms with E-state index in [2.05, 4.69) is 26.9 Å². The Kier molecular flexibility index (Phi) is 3.00. The number of anilines is 2. The van der Waals surface area contributed by atoms with Crippen molar-refractivity contribution in [2.45, 2.75) is 6.42 Å². The lowest BCUT2D eigenvalue weighted by Crippen LogP contribution is -2.13. The van der Waals surface area contributed by atoms with Crippen LogP contribution in [0.2, 0.25) is 0 Å². The van der Waals surface area contributed by atoms with Crippen molar-refractivity contribution in [1.82, 2.24) is 0 Å². The van der Waals surface area contributed by atoms with E-state index >= 15 is 0 Å². The quantitative estimate of drug-likeness (QED) is 0.790. The highest BCUT2D eigenvalue weighted by atomic mass is 79.9. The van der Waals surface area contributed by atoms with Crippen molar-refractivity contribution in [3.05, 3.63) is 57.8 Å². The van der Waals surface area contributed by atoms with Crippen LogP contribution < -0.4 is 4.90 Å². The Bertz CT molecular complexity index is 691. The topological polar surface area (TPSA) is 27.0 Å². The third-order valence-electron chi connectivity index (χ3n) is 3.33. The van der Waals surface area contributed by atoms with Crippen LogP contribution >= 0.6 is 15.9 Å². The Morgan fingerprint density at radius 2 is 2.05 bits per heavy atom. The second-order valence-corrected chi connectivity index (χ2v) is 5.30. The highest BCUT2D eigenvalue weighted by molar-refractivity contribution is 9.10. The minimum absolute atomic E-state index is 0.224.